The first-order valence-corrected chi connectivity index (χ1v) is 9.78. The Morgan fingerprint density at radius 1 is 1.19 bits per heavy atom. The second-order valence-electron chi connectivity index (χ2n) is 5.48. The van der Waals surface area contributed by atoms with Crippen molar-refractivity contribution in [1.82, 2.24) is 4.57 Å². The summed E-state index contributed by atoms with van der Waals surface area (Å²) in [4.78, 5) is 28.8. The van der Waals surface area contributed by atoms with E-state index in [1.807, 2.05) is 47.3 Å². The molecule has 0 fully saturated rings. The van der Waals surface area contributed by atoms with Gasteiger partial charge in [-0.2, -0.15) is 4.99 Å². The average Bonchev–Trinajstić information content (AvgIpc) is 3.24. The van der Waals surface area contributed by atoms with Crippen molar-refractivity contribution in [3.8, 4) is 0 Å². The number of thiophene rings is 1. The van der Waals surface area contributed by atoms with Crippen LogP contribution < -0.4 is 4.80 Å². The number of halogens is 1. The number of carbonyl (C=O) groups is 2. The van der Waals surface area contributed by atoms with Crippen molar-refractivity contribution in [2.24, 2.45) is 4.99 Å². The van der Waals surface area contributed by atoms with Gasteiger partial charge in [-0.1, -0.05) is 41.4 Å². The summed E-state index contributed by atoms with van der Waals surface area (Å²) in [5.41, 5.74) is 2.31. The molecule has 3 rings (SSSR count). The third-order valence-corrected chi connectivity index (χ3v) is 5.46. The molecule has 26 heavy (non-hydrogen) atoms. The molecule has 1 amide bonds. The number of nitrogens with zero attached hydrogens (tertiary/aromatic N) is 2. The molecule has 2 heterocycles. The zero-order valence-corrected chi connectivity index (χ0v) is 16.2. The minimum Gasteiger partial charge on any atom is -0.451 e. The van der Waals surface area contributed by atoms with Crippen LogP contribution >= 0.6 is 34.3 Å². The highest BCUT2D eigenvalue weighted by Crippen LogP contribution is 2.21. The molecule has 0 bridgehead atoms. The number of benzene rings is 1. The number of esters is 1. The van der Waals surface area contributed by atoms with Crippen LogP contribution in [0.3, 0.4) is 0 Å². The maximum absolute atomic E-state index is 12.0. The van der Waals surface area contributed by atoms with Crippen molar-refractivity contribution in [1.29, 1.82) is 0 Å². The standard InChI is InChI=1S/C18H15ClN2O3S2/c1-12-2-4-13(5-3-12)10-21-8-9-25-18(21)20-16(22)11-24-17(23)14-6-7-15(19)26-14/h2-9H,10-11H2,1H3. The maximum Gasteiger partial charge on any atom is 0.348 e. The largest absolute Gasteiger partial charge is 0.451 e. The van der Waals surface area contributed by atoms with E-state index < -0.39 is 18.5 Å². The van der Waals surface area contributed by atoms with Crippen molar-refractivity contribution in [3.05, 3.63) is 73.1 Å². The normalized spacial score (nSPS) is 11.5. The summed E-state index contributed by atoms with van der Waals surface area (Å²) >= 11 is 8.24. The van der Waals surface area contributed by atoms with Gasteiger partial charge in [-0.05, 0) is 24.6 Å². The molecular weight excluding hydrogens is 392 g/mol. The first-order valence-electron chi connectivity index (χ1n) is 7.71. The number of thiazole rings is 1. The molecule has 134 valence electrons. The Labute approximate surface area is 163 Å². The van der Waals surface area contributed by atoms with Crippen molar-refractivity contribution in [2.45, 2.75) is 13.5 Å². The van der Waals surface area contributed by atoms with Crippen molar-refractivity contribution in [2.75, 3.05) is 6.61 Å². The Kier molecular flexibility index (Phi) is 6.03. The summed E-state index contributed by atoms with van der Waals surface area (Å²) in [6.45, 7) is 2.24. The van der Waals surface area contributed by atoms with Gasteiger partial charge in [-0.15, -0.1) is 22.7 Å². The molecule has 0 spiro atoms. The molecule has 0 saturated heterocycles. The number of rotatable bonds is 5. The topological polar surface area (TPSA) is 60.7 Å². The van der Waals surface area contributed by atoms with E-state index in [4.69, 9.17) is 16.3 Å². The minimum absolute atomic E-state index is 0.355. The van der Waals surface area contributed by atoms with Gasteiger partial charge in [-0.25, -0.2) is 4.79 Å². The summed E-state index contributed by atoms with van der Waals surface area (Å²) < 4.78 is 7.36. The molecule has 0 saturated carbocycles. The van der Waals surface area contributed by atoms with Crippen LogP contribution in [0.1, 0.15) is 20.8 Å². The molecule has 0 atom stereocenters. The van der Waals surface area contributed by atoms with Crippen LogP contribution in [0.2, 0.25) is 4.34 Å². The quantitative estimate of drug-likeness (QED) is 0.603. The molecule has 8 heteroatoms. The molecule has 0 aliphatic heterocycles. The van der Waals surface area contributed by atoms with Gasteiger partial charge in [0.15, 0.2) is 11.4 Å². The second-order valence-corrected chi connectivity index (χ2v) is 8.07. The third-order valence-electron chi connectivity index (χ3n) is 3.45. The zero-order valence-electron chi connectivity index (χ0n) is 13.8. The van der Waals surface area contributed by atoms with E-state index in [-0.39, 0.29) is 0 Å². The lowest BCUT2D eigenvalue weighted by Gasteiger charge is -2.04. The van der Waals surface area contributed by atoms with E-state index in [1.54, 1.807) is 12.1 Å². The van der Waals surface area contributed by atoms with Crippen molar-refractivity contribution in [3.63, 3.8) is 0 Å². The number of aromatic nitrogens is 1. The summed E-state index contributed by atoms with van der Waals surface area (Å²) in [5.74, 6) is -1.09. The molecular formula is C18H15ClN2O3S2. The highest BCUT2D eigenvalue weighted by atomic mass is 35.5. The fourth-order valence-electron chi connectivity index (χ4n) is 2.16. The molecule has 2 aromatic heterocycles. The predicted octanol–water partition coefficient (Wildman–Crippen LogP) is 3.91. The summed E-state index contributed by atoms with van der Waals surface area (Å²) in [6, 6.07) is 11.3. The van der Waals surface area contributed by atoms with E-state index in [2.05, 4.69) is 4.99 Å². The van der Waals surface area contributed by atoms with E-state index >= 15 is 0 Å². The predicted molar refractivity (Wildman–Crippen MR) is 103 cm³/mol. The van der Waals surface area contributed by atoms with Crippen LogP contribution in [0.4, 0.5) is 0 Å². The molecule has 0 radical (unpaired) electrons. The Morgan fingerprint density at radius 2 is 1.96 bits per heavy atom. The number of carbonyl (C=O) groups excluding carboxylic acids is 2. The third kappa shape index (κ3) is 4.91. The SMILES string of the molecule is Cc1ccc(Cn2ccsc2=NC(=O)COC(=O)c2ccc(Cl)s2)cc1. The van der Waals surface area contributed by atoms with Gasteiger partial charge in [0.1, 0.15) is 4.88 Å². The molecule has 0 aliphatic carbocycles. The van der Waals surface area contributed by atoms with Crippen LogP contribution in [-0.4, -0.2) is 23.1 Å². The smallest absolute Gasteiger partial charge is 0.348 e. The zero-order chi connectivity index (χ0) is 18.5. The van der Waals surface area contributed by atoms with E-state index in [0.29, 0.717) is 20.6 Å². The van der Waals surface area contributed by atoms with Gasteiger partial charge in [-0.3, -0.25) is 4.79 Å². The number of ether oxygens (including phenoxy) is 1. The average molecular weight is 407 g/mol. The Bertz CT molecular complexity index is 986. The summed E-state index contributed by atoms with van der Waals surface area (Å²) in [5, 5.41) is 1.86. The molecule has 5 nitrogen and oxygen atoms in total. The molecule has 1 aromatic carbocycles. The highest BCUT2D eigenvalue weighted by molar-refractivity contribution is 7.17. The highest BCUT2D eigenvalue weighted by Gasteiger charge is 2.12. The van der Waals surface area contributed by atoms with Crippen LogP contribution in [-0.2, 0) is 16.1 Å². The van der Waals surface area contributed by atoms with Gasteiger partial charge >= 0.3 is 5.97 Å². The van der Waals surface area contributed by atoms with E-state index in [0.717, 1.165) is 16.9 Å². The van der Waals surface area contributed by atoms with Crippen LogP contribution in [0.25, 0.3) is 0 Å². The van der Waals surface area contributed by atoms with Gasteiger partial charge < -0.3 is 9.30 Å². The Hall–Kier alpha value is -2.22. The lowest BCUT2D eigenvalue weighted by atomic mass is 10.1. The lowest BCUT2D eigenvalue weighted by molar-refractivity contribution is -0.121. The summed E-state index contributed by atoms with van der Waals surface area (Å²) in [6.07, 6.45) is 1.87. The van der Waals surface area contributed by atoms with Gasteiger partial charge in [0.2, 0.25) is 0 Å². The van der Waals surface area contributed by atoms with Gasteiger partial charge in [0.05, 0.1) is 4.34 Å². The van der Waals surface area contributed by atoms with Crippen LogP contribution in [0.5, 0.6) is 0 Å². The number of aryl methyl sites for hydroxylation is 1. The second kappa shape index (κ2) is 8.44. The van der Waals surface area contributed by atoms with Crippen LogP contribution in [0, 0.1) is 6.92 Å². The first-order chi connectivity index (χ1) is 12.5. The molecule has 0 unspecified atom stereocenters. The van der Waals surface area contributed by atoms with E-state index in [1.165, 1.54) is 16.9 Å². The van der Waals surface area contributed by atoms with Crippen molar-refractivity contribution < 1.29 is 14.3 Å². The van der Waals surface area contributed by atoms with Gasteiger partial charge in [0.25, 0.3) is 5.91 Å². The fourth-order valence-corrected chi connectivity index (χ4v) is 3.84. The van der Waals surface area contributed by atoms with Crippen molar-refractivity contribution >= 4 is 46.2 Å². The van der Waals surface area contributed by atoms with Gasteiger partial charge in [0, 0.05) is 18.1 Å². The Balaban J connectivity index is 1.64. The monoisotopic (exact) mass is 406 g/mol. The number of hydrogen-bond donors (Lipinski definition) is 0. The molecule has 3 aromatic rings. The fraction of sp³-hybridized carbons (Fsp3) is 0.167. The number of hydrogen-bond acceptors (Lipinski definition) is 5. The molecule has 0 aliphatic rings. The lowest BCUT2D eigenvalue weighted by Crippen LogP contribution is -2.19. The maximum atomic E-state index is 12.0. The van der Waals surface area contributed by atoms with Crippen LogP contribution in [0.15, 0.2) is 53.0 Å². The van der Waals surface area contributed by atoms with E-state index in [9.17, 15) is 9.59 Å². The minimum atomic E-state index is -0.579. The molecule has 0 N–H and O–H groups in total. The Morgan fingerprint density at radius 3 is 2.65 bits per heavy atom. The summed E-state index contributed by atoms with van der Waals surface area (Å²) in [7, 11) is 0. The first kappa shape index (κ1) is 18.6. The number of amides is 1.